The second-order valence-corrected chi connectivity index (χ2v) is 5.86. The lowest BCUT2D eigenvalue weighted by atomic mass is 9.97. The molecule has 2 rings (SSSR count). The average molecular weight is 399 g/mol. The average Bonchev–Trinajstić information content (AvgIpc) is 2.72. The van der Waals surface area contributed by atoms with Crippen molar-refractivity contribution in [2.24, 2.45) is 0 Å². The first-order chi connectivity index (χ1) is 13.9. The largest absolute Gasteiger partial charge is 0.515 e. The molecule has 2 N–H and O–H groups in total. The topological polar surface area (TPSA) is 111 Å². The molecule has 0 fully saturated rings. The van der Waals surface area contributed by atoms with Gasteiger partial charge >= 0.3 is 0 Å². The first kappa shape index (κ1) is 21.5. The molecule has 0 bridgehead atoms. The van der Waals surface area contributed by atoms with Crippen molar-refractivity contribution in [3.63, 3.8) is 0 Å². The Morgan fingerprint density at radius 3 is 2.03 bits per heavy atom. The van der Waals surface area contributed by atoms with Crippen LogP contribution in [0.3, 0.4) is 0 Å². The second kappa shape index (κ2) is 9.41. The lowest BCUT2D eigenvalue weighted by molar-refractivity contribution is -0.114. The van der Waals surface area contributed by atoms with Crippen LogP contribution in [0.2, 0.25) is 0 Å². The molecule has 0 aromatic heterocycles. The number of allylic oxidation sites excluding steroid dienone is 1. The number of rotatable bonds is 8. The van der Waals surface area contributed by atoms with Gasteiger partial charge in [0.15, 0.2) is 23.1 Å². The van der Waals surface area contributed by atoms with E-state index in [0.29, 0.717) is 12.0 Å². The van der Waals surface area contributed by atoms with Gasteiger partial charge in [-0.15, -0.1) is 0 Å². The standard InChI is InChI=1S/C21H21NO7/c1-12(24)22-16-6-5-13(17(25)7-8-23)9-15(16)20(26)14-10-18(27-2)21(29-4)19(11-14)28-3/h5-11,23H,1-4H3,(H,22,24). The Morgan fingerprint density at radius 1 is 0.931 bits per heavy atom. The maximum absolute atomic E-state index is 13.2. The molecule has 1 amide bonds. The highest BCUT2D eigenvalue weighted by Gasteiger charge is 2.21. The summed E-state index contributed by atoms with van der Waals surface area (Å²) in [6.07, 6.45) is 1.58. The highest BCUT2D eigenvalue weighted by atomic mass is 16.5. The molecule has 152 valence electrons. The normalized spacial score (nSPS) is 10.5. The molecule has 8 nitrogen and oxygen atoms in total. The van der Waals surface area contributed by atoms with E-state index in [1.807, 2.05) is 0 Å². The Morgan fingerprint density at radius 2 is 1.55 bits per heavy atom. The quantitative estimate of drug-likeness (QED) is 0.398. The van der Waals surface area contributed by atoms with Gasteiger partial charge in [0.1, 0.15) is 0 Å². The molecule has 0 saturated heterocycles. The first-order valence-electron chi connectivity index (χ1n) is 8.47. The van der Waals surface area contributed by atoms with Crippen LogP contribution in [-0.4, -0.2) is 43.9 Å². The van der Waals surface area contributed by atoms with Crippen LogP contribution >= 0.6 is 0 Å². The van der Waals surface area contributed by atoms with Crippen LogP contribution in [0.4, 0.5) is 5.69 Å². The number of hydrogen-bond acceptors (Lipinski definition) is 7. The van der Waals surface area contributed by atoms with Gasteiger partial charge in [0.2, 0.25) is 11.7 Å². The molecule has 0 radical (unpaired) electrons. The molecule has 2 aromatic rings. The summed E-state index contributed by atoms with van der Waals surface area (Å²) in [5, 5.41) is 11.4. The van der Waals surface area contributed by atoms with Gasteiger partial charge in [-0.25, -0.2) is 0 Å². The van der Waals surface area contributed by atoms with E-state index in [1.54, 1.807) is 0 Å². The van der Waals surface area contributed by atoms with E-state index >= 15 is 0 Å². The van der Waals surface area contributed by atoms with Crippen LogP contribution in [0.5, 0.6) is 17.2 Å². The fourth-order valence-electron chi connectivity index (χ4n) is 2.72. The van der Waals surface area contributed by atoms with Gasteiger partial charge in [0.25, 0.3) is 0 Å². The van der Waals surface area contributed by atoms with Crippen molar-refractivity contribution in [3.8, 4) is 17.2 Å². The number of aliphatic hydroxyl groups excluding tert-OH is 1. The molecule has 0 saturated carbocycles. The molecule has 0 unspecified atom stereocenters. The number of ether oxygens (including phenoxy) is 3. The molecule has 29 heavy (non-hydrogen) atoms. The van der Waals surface area contributed by atoms with Gasteiger partial charge in [-0.2, -0.15) is 0 Å². The third-order valence-corrected chi connectivity index (χ3v) is 4.01. The van der Waals surface area contributed by atoms with Crippen molar-refractivity contribution in [2.45, 2.75) is 6.92 Å². The van der Waals surface area contributed by atoms with Gasteiger partial charge < -0.3 is 24.6 Å². The van der Waals surface area contributed by atoms with E-state index in [4.69, 9.17) is 19.3 Å². The zero-order valence-corrected chi connectivity index (χ0v) is 16.4. The number of nitrogens with one attached hydrogen (secondary N) is 1. The number of methoxy groups -OCH3 is 3. The molecule has 0 spiro atoms. The van der Waals surface area contributed by atoms with Crippen molar-refractivity contribution in [2.75, 3.05) is 26.6 Å². The Hall–Kier alpha value is -3.81. The summed E-state index contributed by atoms with van der Waals surface area (Å²) in [6.45, 7) is 1.31. The highest BCUT2D eigenvalue weighted by molar-refractivity contribution is 6.16. The van der Waals surface area contributed by atoms with Crippen molar-refractivity contribution >= 4 is 23.2 Å². The smallest absolute Gasteiger partial charge is 0.221 e. The third kappa shape index (κ3) is 4.73. The second-order valence-electron chi connectivity index (χ2n) is 5.86. The van der Waals surface area contributed by atoms with Crippen molar-refractivity contribution < 1.29 is 33.7 Å². The SMILES string of the molecule is COc1cc(C(=O)c2cc(C(=O)C=CO)ccc2NC(C)=O)cc(OC)c1OC. The predicted octanol–water partition coefficient (Wildman–Crippen LogP) is 3.16. The number of hydrogen-bond donors (Lipinski definition) is 2. The number of carbonyl (C=O) groups is 3. The van der Waals surface area contributed by atoms with Gasteiger partial charge in [-0.1, -0.05) is 0 Å². The minimum absolute atomic E-state index is 0.0895. The molecular formula is C21H21NO7. The van der Waals surface area contributed by atoms with Crippen LogP contribution in [0, 0.1) is 0 Å². The van der Waals surface area contributed by atoms with Crippen molar-refractivity contribution in [1.29, 1.82) is 0 Å². The van der Waals surface area contributed by atoms with Crippen LogP contribution in [0.25, 0.3) is 0 Å². The molecule has 0 aliphatic heterocycles. The molecule has 8 heteroatoms. The van der Waals surface area contributed by atoms with Crippen LogP contribution in [0.15, 0.2) is 42.7 Å². The Balaban J connectivity index is 2.64. The summed E-state index contributed by atoms with van der Waals surface area (Å²) >= 11 is 0. The molecule has 0 atom stereocenters. The highest BCUT2D eigenvalue weighted by Crippen LogP contribution is 2.39. The van der Waals surface area contributed by atoms with Gasteiger partial charge in [-0.05, 0) is 30.3 Å². The van der Waals surface area contributed by atoms with Gasteiger partial charge in [-0.3, -0.25) is 14.4 Å². The number of benzene rings is 2. The lowest BCUT2D eigenvalue weighted by Crippen LogP contribution is -2.13. The minimum atomic E-state index is -0.499. The zero-order chi connectivity index (χ0) is 21.6. The summed E-state index contributed by atoms with van der Waals surface area (Å²) in [5.74, 6) is -0.459. The molecule has 0 aliphatic rings. The monoisotopic (exact) mass is 399 g/mol. The summed E-state index contributed by atoms with van der Waals surface area (Å²) in [7, 11) is 4.30. The van der Waals surface area contributed by atoms with Crippen molar-refractivity contribution in [3.05, 3.63) is 59.4 Å². The van der Waals surface area contributed by atoms with E-state index in [1.165, 1.54) is 58.6 Å². The fraction of sp³-hybridized carbons (Fsp3) is 0.190. The van der Waals surface area contributed by atoms with Gasteiger partial charge in [0.05, 0.1) is 33.3 Å². The molecule has 2 aromatic carbocycles. The van der Waals surface area contributed by atoms with Gasteiger partial charge in [0, 0.05) is 29.7 Å². The van der Waals surface area contributed by atoms with E-state index in [-0.39, 0.29) is 39.8 Å². The third-order valence-electron chi connectivity index (χ3n) is 4.01. The number of anilines is 1. The number of aliphatic hydroxyl groups is 1. The number of carbonyl (C=O) groups excluding carboxylic acids is 3. The summed E-state index contributed by atoms with van der Waals surface area (Å²) < 4.78 is 15.8. The van der Waals surface area contributed by atoms with Crippen molar-refractivity contribution in [1.82, 2.24) is 0 Å². The number of ketones is 2. The fourth-order valence-corrected chi connectivity index (χ4v) is 2.72. The van der Waals surface area contributed by atoms with Crippen LogP contribution < -0.4 is 19.5 Å². The minimum Gasteiger partial charge on any atom is -0.515 e. The first-order valence-corrected chi connectivity index (χ1v) is 8.47. The Labute approximate surface area is 167 Å². The van der Waals surface area contributed by atoms with Crippen LogP contribution in [0.1, 0.15) is 33.2 Å². The van der Waals surface area contributed by atoms with E-state index in [2.05, 4.69) is 5.32 Å². The van der Waals surface area contributed by atoms with E-state index < -0.39 is 11.6 Å². The van der Waals surface area contributed by atoms with E-state index in [0.717, 1.165) is 6.08 Å². The summed E-state index contributed by atoms with van der Waals surface area (Å²) in [6, 6.07) is 7.19. The molecular weight excluding hydrogens is 378 g/mol. The Bertz CT molecular complexity index is 954. The van der Waals surface area contributed by atoms with Crippen LogP contribution in [-0.2, 0) is 4.79 Å². The zero-order valence-electron chi connectivity index (χ0n) is 16.4. The Kier molecular flexibility index (Phi) is 6.97. The molecule has 0 heterocycles. The number of amides is 1. The maximum Gasteiger partial charge on any atom is 0.221 e. The van der Waals surface area contributed by atoms with E-state index in [9.17, 15) is 14.4 Å². The lowest BCUT2D eigenvalue weighted by Gasteiger charge is -2.15. The summed E-state index contributed by atoms with van der Waals surface area (Å²) in [5.41, 5.74) is 0.695. The molecule has 0 aliphatic carbocycles. The summed E-state index contributed by atoms with van der Waals surface area (Å²) in [4.78, 5) is 36.8. The maximum atomic E-state index is 13.2. The predicted molar refractivity (Wildman–Crippen MR) is 106 cm³/mol.